The van der Waals surface area contributed by atoms with Crippen molar-refractivity contribution in [2.75, 3.05) is 13.7 Å². The summed E-state index contributed by atoms with van der Waals surface area (Å²) >= 11 is 0. The molecule has 0 amide bonds. The molecule has 1 unspecified atom stereocenters. The molecule has 0 spiro atoms. The van der Waals surface area contributed by atoms with Gasteiger partial charge in [-0.3, -0.25) is 4.79 Å². The van der Waals surface area contributed by atoms with Gasteiger partial charge in [-0.2, -0.15) is 0 Å². The summed E-state index contributed by atoms with van der Waals surface area (Å²) in [4.78, 5) is 26.4. The maximum absolute atomic E-state index is 13.4. The summed E-state index contributed by atoms with van der Waals surface area (Å²) in [5, 5.41) is 11.1. The molecular weight excluding hydrogens is 446 g/mol. The maximum atomic E-state index is 13.4. The fraction of sp³-hybridized carbons (Fsp3) is 0.429. The third-order valence-corrected chi connectivity index (χ3v) is 6.21. The van der Waals surface area contributed by atoms with Crippen LogP contribution in [0.3, 0.4) is 0 Å². The van der Waals surface area contributed by atoms with Crippen LogP contribution in [-0.2, 0) is 27.7 Å². The summed E-state index contributed by atoms with van der Waals surface area (Å²) in [6, 6.07) is 8.62. The molecule has 7 nitrogen and oxygen atoms in total. The summed E-state index contributed by atoms with van der Waals surface area (Å²) in [5.41, 5.74) is 3.08. The third kappa shape index (κ3) is 4.78. The number of ether oxygens (including phenoxy) is 3. The van der Waals surface area contributed by atoms with E-state index in [1.165, 1.54) is 17.7 Å². The lowest BCUT2D eigenvalue weighted by atomic mass is 9.88. The number of pyridine rings is 1. The van der Waals surface area contributed by atoms with Crippen molar-refractivity contribution in [1.82, 2.24) is 4.57 Å². The average Bonchev–Trinajstić information content (AvgIpc) is 2.80. The molecule has 0 aliphatic carbocycles. The van der Waals surface area contributed by atoms with Crippen LogP contribution < -0.4 is 10.3 Å². The molecule has 1 aliphatic rings. The van der Waals surface area contributed by atoms with Crippen molar-refractivity contribution in [3.8, 4) is 22.6 Å². The monoisotopic (exact) mass is 481 g/mol. The number of benzene rings is 2. The molecule has 2 aromatic carbocycles. The van der Waals surface area contributed by atoms with E-state index in [2.05, 4.69) is 0 Å². The average molecular weight is 482 g/mol. The largest absolute Gasteiger partial charge is 0.508 e. The summed E-state index contributed by atoms with van der Waals surface area (Å²) in [5.74, 6) is 0.258. The number of aromatic nitrogens is 1. The molecule has 4 rings (SSSR count). The molecule has 1 aliphatic heterocycles. The van der Waals surface area contributed by atoms with Gasteiger partial charge < -0.3 is 23.9 Å². The SMILES string of the molecule is C.COC(=O)C(OC(C)(C)C)c1c(-c2ccc3c(c2C)CCCO3)c2ccc(O)cc2c(=O)n1C. The van der Waals surface area contributed by atoms with Gasteiger partial charge in [0.05, 0.1) is 30.4 Å². The lowest BCUT2D eigenvalue weighted by molar-refractivity contribution is -0.165. The Bertz CT molecular complexity index is 1330. The molecule has 2 heterocycles. The number of carbonyl (C=O) groups excluding carboxylic acids is 1. The number of hydrogen-bond acceptors (Lipinski definition) is 6. The van der Waals surface area contributed by atoms with Gasteiger partial charge in [0, 0.05) is 12.6 Å². The number of nitrogens with zero attached hydrogens (tertiary/aromatic N) is 1. The van der Waals surface area contributed by atoms with E-state index in [-0.39, 0.29) is 18.7 Å². The fourth-order valence-electron chi connectivity index (χ4n) is 4.67. The van der Waals surface area contributed by atoms with Crippen molar-refractivity contribution < 1.29 is 24.1 Å². The number of rotatable bonds is 4. The number of fused-ring (bicyclic) bond motifs is 2. The Labute approximate surface area is 206 Å². The van der Waals surface area contributed by atoms with E-state index >= 15 is 0 Å². The van der Waals surface area contributed by atoms with Gasteiger partial charge in [-0.1, -0.05) is 13.5 Å². The predicted molar refractivity (Wildman–Crippen MR) is 137 cm³/mol. The van der Waals surface area contributed by atoms with Gasteiger partial charge in [0.1, 0.15) is 11.5 Å². The summed E-state index contributed by atoms with van der Waals surface area (Å²) in [7, 11) is 2.92. The Hall–Kier alpha value is -3.32. The van der Waals surface area contributed by atoms with Crippen LogP contribution in [0.1, 0.15) is 57.5 Å². The Morgan fingerprint density at radius 1 is 1.17 bits per heavy atom. The molecule has 0 saturated carbocycles. The standard InChI is InChI=1S/C27H31NO6.CH4/c1-15-17-8-7-13-33-21(17)12-11-18(15)22-19-10-9-16(29)14-20(19)25(30)28(5)23(22)24(26(31)32-6)34-27(2,3)4;/h9-12,14,24,29H,7-8,13H2,1-6H3;1H4. The first-order valence-electron chi connectivity index (χ1n) is 11.4. The predicted octanol–water partition coefficient (Wildman–Crippen LogP) is 5.21. The van der Waals surface area contributed by atoms with E-state index in [1.807, 2.05) is 39.8 Å². The van der Waals surface area contributed by atoms with Crippen molar-refractivity contribution in [1.29, 1.82) is 0 Å². The summed E-state index contributed by atoms with van der Waals surface area (Å²) in [6.45, 7) is 8.26. The highest BCUT2D eigenvalue weighted by molar-refractivity contribution is 6.00. The molecule has 7 heteroatoms. The van der Waals surface area contributed by atoms with Crippen LogP contribution >= 0.6 is 0 Å². The minimum Gasteiger partial charge on any atom is -0.508 e. The van der Waals surface area contributed by atoms with Crippen LogP contribution in [0.15, 0.2) is 35.1 Å². The van der Waals surface area contributed by atoms with Crippen LogP contribution in [0.4, 0.5) is 0 Å². The van der Waals surface area contributed by atoms with Gasteiger partial charge in [-0.15, -0.1) is 0 Å². The smallest absolute Gasteiger partial charge is 0.341 e. The first-order chi connectivity index (χ1) is 16.0. The van der Waals surface area contributed by atoms with Gasteiger partial charge in [-0.25, -0.2) is 4.79 Å². The first kappa shape index (κ1) is 26.3. The van der Waals surface area contributed by atoms with Gasteiger partial charge in [-0.05, 0) is 86.9 Å². The zero-order chi connectivity index (χ0) is 24.8. The van der Waals surface area contributed by atoms with Crippen molar-refractivity contribution in [3.63, 3.8) is 0 Å². The fourth-order valence-corrected chi connectivity index (χ4v) is 4.67. The molecular formula is C28H35NO6. The highest BCUT2D eigenvalue weighted by Crippen LogP contribution is 2.42. The molecule has 0 radical (unpaired) electrons. The summed E-state index contributed by atoms with van der Waals surface area (Å²) < 4.78 is 18.6. The van der Waals surface area contributed by atoms with Crippen molar-refractivity contribution >= 4 is 16.7 Å². The van der Waals surface area contributed by atoms with Gasteiger partial charge >= 0.3 is 5.97 Å². The molecule has 3 aromatic rings. The Morgan fingerprint density at radius 2 is 1.89 bits per heavy atom. The number of carbonyl (C=O) groups is 1. The molecule has 0 bridgehead atoms. The minimum absolute atomic E-state index is 0. The first-order valence-corrected chi connectivity index (χ1v) is 11.4. The van der Waals surface area contributed by atoms with Crippen LogP contribution in [0, 0.1) is 6.92 Å². The second-order valence-electron chi connectivity index (χ2n) is 9.65. The Balaban J connectivity index is 0.00000342. The van der Waals surface area contributed by atoms with Crippen molar-refractivity contribution in [3.05, 3.63) is 57.5 Å². The molecule has 1 N–H and O–H groups in total. The lowest BCUT2D eigenvalue weighted by Crippen LogP contribution is -2.33. The van der Waals surface area contributed by atoms with E-state index in [0.29, 0.717) is 28.6 Å². The molecule has 1 atom stereocenters. The lowest BCUT2D eigenvalue weighted by Gasteiger charge is -2.30. The quantitative estimate of drug-likeness (QED) is 0.515. The number of hydrogen-bond donors (Lipinski definition) is 1. The van der Waals surface area contributed by atoms with E-state index in [1.54, 1.807) is 19.2 Å². The molecule has 35 heavy (non-hydrogen) atoms. The zero-order valence-corrected chi connectivity index (χ0v) is 20.5. The zero-order valence-electron chi connectivity index (χ0n) is 20.5. The number of phenols is 1. The molecule has 188 valence electrons. The summed E-state index contributed by atoms with van der Waals surface area (Å²) in [6.07, 6.45) is 0.667. The van der Waals surface area contributed by atoms with E-state index in [0.717, 1.165) is 35.3 Å². The molecule has 0 saturated heterocycles. The second-order valence-corrected chi connectivity index (χ2v) is 9.65. The van der Waals surface area contributed by atoms with E-state index in [9.17, 15) is 14.7 Å². The molecule has 1 aromatic heterocycles. The van der Waals surface area contributed by atoms with Gasteiger partial charge in [0.25, 0.3) is 5.56 Å². The van der Waals surface area contributed by atoms with Crippen LogP contribution in [0.25, 0.3) is 21.9 Å². The number of aromatic hydroxyl groups is 1. The van der Waals surface area contributed by atoms with Crippen LogP contribution in [-0.4, -0.2) is 35.0 Å². The number of methoxy groups -OCH3 is 1. The van der Waals surface area contributed by atoms with Crippen molar-refractivity contribution in [2.24, 2.45) is 7.05 Å². The topological polar surface area (TPSA) is 87.0 Å². The number of phenolic OH excluding ortho intramolecular Hbond substituents is 1. The minimum atomic E-state index is -1.14. The van der Waals surface area contributed by atoms with E-state index < -0.39 is 17.7 Å². The van der Waals surface area contributed by atoms with Crippen LogP contribution in [0.5, 0.6) is 11.5 Å². The second kappa shape index (κ2) is 9.74. The van der Waals surface area contributed by atoms with Gasteiger partial charge in [0.15, 0.2) is 6.10 Å². The Kier molecular flexibility index (Phi) is 7.31. The van der Waals surface area contributed by atoms with Crippen LogP contribution in [0.2, 0.25) is 0 Å². The molecule has 0 fully saturated rings. The Morgan fingerprint density at radius 3 is 2.54 bits per heavy atom. The highest BCUT2D eigenvalue weighted by Gasteiger charge is 2.34. The van der Waals surface area contributed by atoms with Gasteiger partial charge in [0.2, 0.25) is 0 Å². The maximum Gasteiger partial charge on any atom is 0.341 e. The normalized spacial score (nSPS) is 14.0. The van der Waals surface area contributed by atoms with E-state index in [4.69, 9.17) is 14.2 Å². The highest BCUT2D eigenvalue weighted by atomic mass is 16.6. The third-order valence-electron chi connectivity index (χ3n) is 6.21. The van der Waals surface area contributed by atoms with Crippen molar-refractivity contribution in [2.45, 2.75) is 59.7 Å². The number of esters is 1.